The highest BCUT2D eigenvalue weighted by molar-refractivity contribution is 5.55. The molecule has 0 radical (unpaired) electrons. The first-order valence-corrected chi connectivity index (χ1v) is 9.65. The zero-order valence-corrected chi connectivity index (χ0v) is 17.3. The molecule has 7 heteroatoms. The molecular weight excluding hydrogens is 370 g/mol. The monoisotopic (exact) mass is 397 g/mol. The molecule has 0 atom stereocenters. The Morgan fingerprint density at radius 2 is 1.72 bits per heavy atom. The van der Waals surface area contributed by atoms with Crippen LogP contribution in [-0.2, 0) is 13.1 Å². The predicted molar refractivity (Wildman–Crippen MR) is 110 cm³/mol. The van der Waals surface area contributed by atoms with E-state index in [9.17, 15) is 0 Å². The number of aromatic nitrogens is 2. The Hall–Kier alpha value is -3.06. The highest BCUT2D eigenvalue weighted by Crippen LogP contribution is 2.28. The van der Waals surface area contributed by atoms with E-state index in [-0.39, 0.29) is 0 Å². The third-order valence-corrected chi connectivity index (χ3v) is 4.56. The van der Waals surface area contributed by atoms with Gasteiger partial charge in [0.1, 0.15) is 5.75 Å². The maximum absolute atomic E-state index is 5.59. The van der Waals surface area contributed by atoms with Gasteiger partial charge in [0.25, 0.3) is 0 Å². The molecule has 154 valence electrons. The normalized spacial score (nSPS) is 10.9. The summed E-state index contributed by atoms with van der Waals surface area (Å²) in [5.74, 6) is 3.43. The molecule has 7 nitrogen and oxygen atoms in total. The fourth-order valence-corrected chi connectivity index (χ4v) is 2.99. The Morgan fingerprint density at radius 1 is 0.931 bits per heavy atom. The second-order valence-electron chi connectivity index (χ2n) is 6.46. The van der Waals surface area contributed by atoms with Crippen molar-refractivity contribution < 1.29 is 18.7 Å². The van der Waals surface area contributed by atoms with Crippen LogP contribution in [0.2, 0.25) is 0 Å². The maximum Gasteiger partial charge on any atom is 0.241 e. The van der Waals surface area contributed by atoms with Gasteiger partial charge in [-0.3, -0.25) is 4.90 Å². The number of ether oxygens (including phenoxy) is 3. The molecule has 0 aliphatic rings. The van der Waals surface area contributed by atoms with Crippen molar-refractivity contribution in [2.75, 3.05) is 27.4 Å². The van der Waals surface area contributed by atoms with Gasteiger partial charge < -0.3 is 18.7 Å². The van der Waals surface area contributed by atoms with E-state index in [0.717, 1.165) is 41.5 Å². The third kappa shape index (κ3) is 5.26. The molecule has 3 aromatic rings. The van der Waals surface area contributed by atoms with Gasteiger partial charge in [-0.25, -0.2) is 0 Å². The van der Waals surface area contributed by atoms with Gasteiger partial charge in [0.05, 0.1) is 27.4 Å². The molecule has 0 unspecified atom stereocenters. The lowest BCUT2D eigenvalue weighted by atomic mass is 10.2. The highest BCUT2D eigenvalue weighted by Gasteiger charge is 2.14. The maximum atomic E-state index is 5.59. The quantitative estimate of drug-likeness (QED) is 0.508. The van der Waals surface area contributed by atoms with Crippen molar-refractivity contribution >= 4 is 0 Å². The molecule has 2 aromatic carbocycles. The van der Waals surface area contributed by atoms with E-state index < -0.39 is 0 Å². The summed E-state index contributed by atoms with van der Waals surface area (Å²) in [4.78, 5) is 6.76. The van der Waals surface area contributed by atoms with Gasteiger partial charge in [-0.1, -0.05) is 18.1 Å². The number of nitrogens with zero attached hydrogens (tertiary/aromatic N) is 3. The topological polar surface area (TPSA) is 69.9 Å². The van der Waals surface area contributed by atoms with Crippen molar-refractivity contribution in [1.82, 2.24) is 15.0 Å². The van der Waals surface area contributed by atoms with E-state index in [1.165, 1.54) is 0 Å². The zero-order chi connectivity index (χ0) is 20.6. The van der Waals surface area contributed by atoms with Gasteiger partial charge in [0.2, 0.25) is 11.7 Å². The molecule has 0 saturated heterocycles. The summed E-state index contributed by atoms with van der Waals surface area (Å²) in [6.07, 6.45) is 0. The number of benzene rings is 2. The second kappa shape index (κ2) is 9.93. The van der Waals surface area contributed by atoms with Crippen molar-refractivity contribution in [2.24, 2.45) is 0 Å². The summed E-state index contributed by atoms with van der Waals surface area (Å²) in [5.41, 5.74) is 2.02. The van der Waals surface area contributed by atoms with E-state index >= 15 is 0 Å². The SMILES string of the molecule is CCOc1ccc(CN(CC)Cc2nc(-c3ccc(OC)cc3)no2)cc1OC. The van der Waals surface area contributed by atoms with Crippen molar-refractivity contribution in [2.45, 2.75) is 26.9 Å². The van der Waals surface area contributed by atoms with Crippen molar-refractivity contribution in [3.63, 3.8) is 0 Å². The molecule has 0 aliphatic carbocycles. The second-order valence-corrected chi connectivity index (χ2v) is 6.46. The molecule has 0 aliphatic heterocycles. The van der Waals surface area contributed by atoms with Crippen LogP contribution in [0.15, 0.2) is 47.0 Å². The number of hydrogen-bond acceptors (Lipinski definition) is 7. The minimum absolute atomic E-state index is 0.565. The largest absolute Gasteiger partial charge is 0.497 e. The van der Waals surface area contributed by atoms with Crippen molar-refractivity contribution in [3.8, 4) is 28.6 Å². The lowest BCUT2D eigenvalue weighted by Crippen LogP contribution is -2.22. The van der Waals surface area contributed by atoms with Gasteiger partial charge in [-0.05, 0) is 55.4 Å². The minimum Gasteiger partial charge on any atom is -0.497 e. The molecule has 3 rings (SSSR count). The van der Waals surface area contributed by atoms with E-state index in [1.807, 2.05) is 49.4 Å². The summed E-state index contributed by atoms with van der Waals surface area (Å²) >= 11 is 0. The van der Waals surface area contributed by atoms with Gasteiger partial charge >= 0.3 is 0 Å². The van der Waals surface area contributed by atoms with Gasteiger partial charge in [0, 0.05) is 12.1 Å². The van der Waals surface area contributed by atoms with Gasteiger partial charge in [-0.15, -0.1) is 0 Å². The van der Waals surface area contributed by atoms with Crippen LogP contribution in [0, 0.1) is 0 Å². The lowest BCUT2D eigenvalue weighted by Gasteiger charge is -2.19. The van der Waals surface area contributed by atoms with Crippen molar-refractivity contribution in [3.05, 3.63) is 53.9 Å². The number of rotatable bonds is 10. The Bertz CT molecular complexity index is 909. The first kappa shape index (κ1) is 20.7. The average molecular weight is 397 g/mol. The molecule has 0 N–H and O–H groups in total. The average Bonchev–Trinajstić information content (AvgIpc) is 3.23. The molecule has 0 saturated carbocycles. The lowest BCUT2D eigenvalue weighted by molar-refractivity contribution is 0.228. The molecule has 0 spiro atoms. The van der Waals surface area contributed by atoms with Crippen LogP contribution in [0.1, 0.15) is 25.3 Å². The molecule has 29 heavy (non-hydrogen) atoms. The Kier molecular flexibility index (Phi) is 7.08. The number of hydrogen-bond donors (Lipinski definition) is 0. The summed E-state index contributed by atoms with van der Waals surface area (Å²) < 4.78 is 21.7. The summed E-state index contributed by atoms with van der Waals surface area (Å²) in [5, 5.41) is 4.11. The fourth-order valence-electron chi connectivity index (χ4n) is 2.99. The van der Waals surface area contributed by atoms with Crippen LogP contribution in [0.25, 0.3) is 11.4 Å². The van der Waals surface area contributed by atoms with Gasteiger partial charge in [0.15, 0.2) is 11.5 Å². The van der Waals surface area contributed by atoms with E-state index in [4.69, 9.17) is 18.7 Å². The van der Waals surface area contributed by atoms with E-state index in [2.05, 4.69) is 22.0 Å². The highest BCUT2D eigenvalue weighted by atomic mass is 16.5. The first-order valence-electron chi connectivity index (χ1n) is 9.65. The molecule has 1 aromatic heterocycles. The first-order chi connectivity index (χ1) is 14.2. The van der Waals surface area contributed by atoms with Crippen LogP contribution in [0.4, 0.5) is 0 Å². The standard InChI is InChI=1S/C22H27N3O4/c1-5-25(14-16-7-12-19(28-6-2)20(13-16)27-4)15-21-23-22(24-29-21)17-8-10-18(26-3)11-9-17/h7-13H,5-6,14-15H2,1-4H3. The summed E-state index contributed by atoms with van der Waals surface area (Å²) in [6, 6.07) is 13.6. The minimum atomic E-state index is 0.565. The van der Waals surface area contributed by atoms with Crippen LogP contribution >= 0.6 is 0 Å². The Morgan fingerprint density at radius 3 is 2.38 bits per heavy atom. The van der Waals surface area contributed by atoms with Crippen LogP contribution in [0.3, 0.4) is 0 Å². The molecule has 0 bridgehead atoms. The summed E-state index contributed by atoms with van der Waals surface area (Å²) in [7, 11) is 3.29. The van der Waals surface area contributed by atoms with Crippen LogP contribution in [-0.4, -0.2) is 42.4 Å². The summed E-state index contributed by atoms with van der Waals surface area (Å²) in [6.45, 7) is 6.80. The van der Waals surface area contributed by atoms with Crippen molar-refractivity contribution in [1.29, 1.82) is 0 Å². The Balaban J connectivity index is 1.68. The molecule has 0 fully saturated rings. The zero-order valence-electron chi connectivity index (χ0n) is 17.3. The molecule has 0 amide bonds. The van der Waals surface area contributed by atoms with Crippen LogP contribution < -0.4 is 14.2 Å². The van der Waals surface area contributed by atoms with Gasteiger partial charge in [-0.2, -0.15) is 4.98 Å². The van der Waals surface area contributed by atoms with Crippen LogP contribution in [0.5, 0.6) is 17.2 Å². The third-order valence-electron chi connectivity index (χ3n) is 4.56. The molecule has 1 heterocycles. The Labute approximate surface area is 171 Å². The predicted octanol–water partition coefficient (Wildman–Crippen LogP) is 4.17. The van der Waals surface area contributed by atoms with E-state index in [0.29, 0.717) is 24.9 Å². The molecular formula is C22H27N3O4. The smallest absolute Gasteiger partial charge is 0.241 e. The fraction of sp³-hybridized carbons (Fsp3) is 0.364. The van der Waals surface area contributed by atoms with E-state index in [1.54, 1.807) is 14.2 Å². The number of methoxy groups -OCH3 is 2.